The number of carbonyl (C=O) groups is 1. The highest BCUT2D eigenvalue weighted by Crippen LogP contribution is 2.17. The van der Waals surface area contributed by atoms with Crippen LogP contribution in [0.5, 0.6) is 0 Å². The molecule has 1 amide bonds. The van der Waals surface area contributed by atoms with E-state index in [1.54, 1.807) is 0 Å². The Morgan fingerprint density at radius 3 is 2.71 bits per heavy atom. The Labute approximate surface area is 132 Å². The third kappa shape index (κ3) is 6.04. The van der Waals surface area contributed by atoms with E-state index in [1.807, 2.05) is 24.3 Å². The predicted octanol–water partition coefficient (Wildman–Crippen LogP) is 2.16. The van der Waals surface area contributed by atoms with Crippen molar-refractivity contribution in [3.63, 3.8) is 0 Å². The number of hydrogen-bond acceptors (Lipinski definition) is 3. The Kier molecular flexibility index (Phi) is 8.35. The van der Waals surface area contributed by atoms with E-state index in [2.05, 4.69) is 5.32 Å². The molecule has 1 aliphatic heterocycles. The molecule has 1 aliphatic rings. The maximum absolute atomic E-state index is 11.9. The number of amides is 1. The van der Waals surface area contributed by atoms with Crippen LogP contribution in [0.4, 0.5) is 0 Å². The van der Waals surface area contributed by atoms with E-state index in [4.69, 9.17) is 10.5 Å². The molecule has 1 atom stereocenters. The van der Waals surface area contributed by atoms with E-state index < -0.39 is 0 Å². The lowest BCUT2D eigenvalue weighted by Gasteiger charge is -2.08. The third-order valence-corrected chi connectivity index (χ3v) is 3.75. The number of rotatable bonds is 7. The van der Waals surface area contributed by atoms with Crippen molar-refractivity contribution in [1.82, 2.24) is 5.32 Å². The molecule has 1 heterocycles. The van der Waals surface area contributed by atoms with E-state index in [9.17, 15) is 4.79 Å². The predicted molar refractivity (Wildman–Crippen MR) is 86.9 cm³/mol. The number of hydrogen-bond donors (Lipinski definition) is 2. The van der Waals surface area contributed by atoms with Crippen LogP contribution in [0.3, 0.4) is 0 Å². The molecule has 0 aromatic heterocycles. The largest absolute Gasteiger partial charge is 0.381 e. The maximum Gasteiger partial charge on any atom is 0.251 e. The van der Waals surface area contributed by atoms with Crippen molar-refractivity contribution in [3.8, 4) is 0 Å². The van der Waals surface area contributed by atoms with Crippen LogP contribution in [0.2, 0.25) is 0 Å². The Bertz CT molecular complexity index is 417. The first-order chi connectivity index (χ1) is 9.79. The molecule has 0 aliphatic carbocycles. The highest BCUT2D eigenvalue weighted by atomic mass is 35.5. The Morgan fingerprint density at radius 2 is 2.10 bits per heavy atom. The van der Waals surface area contributed by atoms with Gasteiger partial charge in [0.15, 0.2) is 0 Å². The fourth-order valence-electron chi connectivity index (χ4n) is 2.50. The van der Waals surface area contributed by atoms with Gasteiger partial charge in [-0.1, -0.05) is 12.1 Å². The molecule has 0 spiro atoms. The quantitative estimate of drug-likeness (QED) is 0.758. The van der Waals surface area contributed by atoms with E-state index in [-0.39, 0.29) is 18.3 Å². The van der Waals surface area contributed by atoms with Crippen molar-refractivity contribution < 1.29 is 9.53 Å². The highest BCUT2D eigenvalue weighted by Gasteiger charge is 2.14. The molecule has 1 aromatic rings. The summed E-state index contributed by atoms with van der Waals surface area (Å²) in [7, 11) is 0. The lowest BCUT2D eigenvalue weighted by Crippen LogP contribution is -2.24. The van der Waals surface area contributed by atoms with Crippen LogP contribution in [0.15, 0.2) is 24.3 Å². The van der Waals surface area contributed by atoms with Crippen LogP contribution < -0.4 is 11.1 Å². The normalized spacial score (nSPS) is 17.3. The van der Waals surface area contributed by atoms with Crippen LogP contribution in [-0.4, -0.2) is 32.2 Å². The van der Waals surface area contributed by atoms with Gasteiger partial charge in [0.05, 0.1) is 0 Å². The first-order valence-electron chi connectivity index (χ1n) is 7.44. The zero-order chi connectivity index (χ0) is 14.2. The summed E-state index contributed by atoms with van der Waals surface area (Å²) in [6.45, 7) is 3.15. The zero-order valence-electron chi connectivity index (χ0n) is 12.3. The molecular weight excluding hydrogens is 288 g/mol. The van der Waals surface area contributed by atoms with Gasteiger partial charge in [0, 0.05) is 25.3 Å². The molecule has 1 unspecified atom stereocenters. The van der Waals surface area contributed by atoms with Crippen LogP contribution in [-0.2, 0) is 11.2 Å². The summed E-state index contributed by atoms with van der Waals surface area (Å²) in [6.07, 6.45) is 4.17. The maximum atomic E-state index is 11.9. The zero-order valence-corrected chi connectivity index (χ0v) is 13.2. The van der Waals surface area contributed by atoms with Crippen molar-refractivity contribution in [2.24, 2.45) is 11.7 Å². The molecule has 0 radical (unpaired) electrons. The fourth-order valence-corrected chi connectivity index (χ4v) is 2.50. The van der Waals surface area contributed by atoms with E-state index in [1.165, 1.54) is 5.56 Å². The van der Waals surface area contributed by atoms with Crippen LogP contribution in [0.25, 0.3) is 0 Å². The van der Waals surface area contributed by atoms with Gasteiger partial charge in [-0.3, -0.25) is 4.79 Å². The lowest BCUT2D eigenvalue weighted by atomic mass is 10.0. The lowest BCUT2D eigenvalue weighted by molar-refractivity contribution is 0.0952. The van der Waals surface area contributed by atoms with Gasteiger partial charge in [0.2, 0.25) is 0 Å². The first-order valence-corrected chi connectivity index (χ1v) is 7.44. The van der Waals surface area contributed by atoms with Gasteiger partial charge in [-0.2, -0.15) is 0 Å². The van der Waals surface area contributed by atoms with Gasteiger partial charge in [0.1, 0.15) is 0 Å². The second kappa shape index (κ2) is 9.77. The Morgan fingerprint density at radius 1 is 1.33 bits per heavy atom. The van der Waals surface area contributed by atoms with Gasteiger partial charge in [-0.05, 0) is 55.8 Å². The van der Waals surface area contributed by atoms with Gasteiger partial charge < -0.3 is 15.8 Å². The van der Waals surface area contributed by atoms with Crippen molar-refractivity contribution in [1.29, 1.82) is 0 Å². The number of halogens is 1. The second-order valence-electron chi connectivity index (χ2n) is 5.36. The van der Waals surface area contributed by atoms with Crippen LogP contribution in [0.1, 0.15) is 35.2 Å². The summed E-state index contributed by atoms with van der Waals surface area (Å²) in [5, 5.41) is 2.97. The molecule has 1 aromatic carbocycles. The SMILES string of the molecule is Cl.NCCc1ccc(C(=O)NCCCC2CCOC2)cc1. The third-order valence-electron chi connectivity index (χ3n) is 3.75. The average molecular weight is 313 g/mol. The topological polar surface area (TPSA) is 64.4 Å². The van der Waals surface area contributed by atoms with Crippen molar-refractivity contribution in [3.05, 3.63) is 35.4 Å². The number of nitrogens with two attached hydrogens (primary N) is 1. The first kappa shape index (κ1) is 18.0. The van der Waals surface area contributed by atoms with E-state index in [0.29, 0.717) is 12.5 Å². The van der Waals surface area contributed by atoms with Crippen molar-refractivity contribution in [2.75, 3.05) is 26.3 Å². The standard InChI is InChI=1S/C16H24N2O2.ClH/c17-9-7-13-3-5-15(6-4-13)16(19)18-10-1-2-14-8-11-20-12-14;/h3-6,14H,1-2,7-12,17H2,(H,18,19);1H. The van der Waals surface area contributed by atoms with Crippen molar-refractivity contribution >= 4 is 18.3 Å². The molecular formula is C16H25ClN2O2. The van der Waals surface area contributed by atoms with Gasteiger partial charge in [-0.15, -0.1) is 12.4 Å². The summed E-state index contributed by atoms with van der Waals surface area (Å²) < 4.78 is 5.34. The number of nitrogens with one attached hydrogen (secondary N) is 1. The molecule has 118 valence electrons. The minimum atomic E-state index is 0. The second-order valence-corrected chi connectivity index (χ2v) is 5.36. The summed E-state index contributed by atoms with van der Waals surface area (Å²) in [4.78, 5) is 11.9. The minimum absolute atomic E-state index is 0. The Hall–Kier alpha value is -1.10. The van der Waals surface area contributed by atoms with Gasteiger partial charge in [0.25, 0.3) is 5.91 Å². The Balaban J connectivity index is 0.00000220. The van der Waals surface area contributed by atoms with Crippen LogP contribution in [0, 0.1) is 5.92 Å². The van der Waals surface area contributed by atoms with Gasteiger partial charge >= 0.3 is 0 Å². The highest BCUT2D eigenvalue weighted by molar-refractivity contribution is 5.94. The molecule has 0 saturated carbocycles. The summed E-state index contributed by atoms with van der Waals surface area (Å²) in [5.74, 6) is 0.689. The molecule has 2 rings (SSSR count). The monoisotopic (exact) mass is 312 g/mol. The summed E-state index contributed by atoms with van der Waals surface area (Å²) >= 11 is 0. The molecule has 1 fully saturated rings. The molecule has 21 heavy (non-hydrogen) atoms. The number of benzene rings is 1. The minimum Gasteiger partial charge on any atom is -0.381 e. The number of carbonyl (C=O) groups excluding carboxylic acids is 1. The molecule has 3 N–H and O–H groups in total. The summed E-state index contributed by atoms with van der Waals surface area (Å²) in [5.41, 5.74) is 7.39. The summed E-state index contributed by atoms with van der Waals surface area (Å²) in [6, 6.07) is 7.67. The molecule has 4 nitrogen and oxygen atoms in total. The van der Waals surface area contributed by atoms with Gasteiger partial charge in [-0.25, -0.2) is 0 Å². The number of ether oxygens (including phenoxy) is 1. The molecule has 5 heteroatoms. The smallest absolute Gasteiger partial charge is 0.251 e. The van der Waals surface area contributed by atoms with E-state index >= 15 is 0 Å². The van der Waals surface area contributed by atoms with E-state index in [0.717, 1.165) is 51.0 Å². The van der Waals surface area contributed by atoms with Crippen molar-refractivity contribution in [2.45, 2.75) is 25.7 Å². The van der Waals surface area contributed by atoms with Crippen LogP contribution >= 0.6 is 12.4 Å². The average Bonchev–Trinajstić information content (AvgIpc) is 2.98. The fraction of sp³-hybridized carbons (Fsp3) is 0.562. The molecule has 1 saturated heterocycles. The molecule has 0 bridgehead atoms.